The molecule has 0 aromatic carbocycles. The number of aromatic nitrogens is 4. The first-order valence-corrected chi connectivity index (χ1v) is 8.96. The first-order valence-electron chi connectivity index (χ1n) is 8.96. The molecule has 8 nitrogen and oxygen atoms in total. The summed E-state index contributed by atoms with van der Waals surface area (Å²) in [4.78, 5) is 26.9. The molecule has 3 aromatic heterocycles. The fourth-order valence-corrected chi connectivity index (χ4v) is 2.84. The summed E-state index contributed by atoms with van der Waals surface area (Å²) in [6, 6.07) is 2.20. The summed E-state index contributed by atoms with van der Waals surface area (Å²) in [6.45, 7) is 1.50. The monoisotopic (exact) mass is 418 g/mol. The number of aliphatic hydroxyl groups excluding tert-OH is 1. The predicted molar refractivity (Wildman–Crippen MR) is 101 cm³/mol. The van der Waals surface area contributed by atoms with Crippen molar-refractivity contribution in [1.29, 1.82) is 5.26 Å². The van der Waals surface area contributed by atoms with Gasteiger partial charge in [-0.3, -0.25) is 4.79 Å². The number of anilines is 1. The largest absolute Gasteiger partial charge is 0.417 e. The summed E-state index contributed by atoms with van der Waals surface area (Å²) >= 11 is 0. The van der Waals surface area contributed by atoms with Crippen LogP contribution in [0.25, 0.3) is 22.3 Å². The highest BCUT2D eigenvalue weighted by atomic mass is 19.4. The lowest BCUT2D eigenvalue weighted by atomic mass is 10.1. The third-order valence-electron chi connectivity index (χ3n) is 4.43. The number of hydrogen-bond donors (Lipinski definition) is 3. The summed E-state index contributed by atoms with van der Waals surface area (Å²) in [6.07, 6.45) is -0.705. The summed E-state index contributed by atoms with van der Waals surface area (Å²) in [7, 11) is 0. The molecule has 156 valence electrons. The number of aliphatic hydroxyl groups is 1. The molecule has 0 aliphatic carbocycles. The molecule has 0 unspecified atom stereocenters. The van der Waals surface area contributed by atoms with Gasteiger partial charge in [-0.1, -0.05) is 0 Å². The first kappa shape index (κ1) is 21.2. The average molecular weight is 418 g/mol. The van der Waals surface area contributed by atoms with Crippen LogP contribution in [0.4, 0.5) is 19.1 Å². The molecule has 1 atom stereocenters. The SMILES string of the molecule is C[C@@H](Nc1ncc(C#N)c(-c2c[nH]c3ncc(C(F)(F)F)cc23)n1)C(=O)CCCO. The van der Waals surface area contributed by atoms with Crippen LogP contribution in [0, 0.1) is 11.3 Å². The van der Waals surface area contributed by atoms with Crippen LogP contribution in [0.2, 0.25) is 0 Å². The van der Waals surface area contributed by atoms with Gasteiger partial charge in [0.05, 0.1) is 29.1 Å². The van der Waals surface area contributed by atoms with Crippen LogP contribution in [-0.2, 0) is 11.0 Å². The maximum absolute atomic E-state index is 13.1. The van der Waals surface area contributed by atoms with Crippen LogP contribution in [0.5, 0.6) is 0 Å². The van der Waals surface area contributed by atoms with E-state index in [1.54, 1.807) is 6.92 Å². The number of aromatic amines is 1. The number of nitriles is 1. The number of carbonyl (C=O) groups excluding carboxylic acids is 1. The smallest absolute Gasteiger partial charge is 0.396 e. The zero-order valence-corrected chi connectivity index (χ0v) is 15.8. The number of alkyl halides is 3. The van der Waals surface area contributed by atoms with Gasteiger partial charge in [-0.2, -0.15) is 18.4 Å². The summed E-state index contributed by atoms with van der Waals surface area (Å²) < 4.78 is 39.3. The molecule has 0 radical (unpaired) electrons. The molecule has 3 N–H and O–H groups in total. The van der Waals surface area contributed by atoms with E-state index in [0.29, 0.717) is 6.42 Å². The number of nitrogens with one attached hydrogen (secondary N) is 2. The van der Waals surface area contributed by atoms with Crippen molar-refractivity contribution in [3.05, 3.63) is 35.8 Å². The maximum atomic E-state index is 13.1. The van der Waals surface area contributed by atoms with E-state index in [1.165, 1.54) is 12.4 Å². The van der Waals surface area contributed by atoms with E-state index in [9.17, 15) is 23.2 Å². The average Bonchev–Trinajstić information content (AvgIpc) is 3.14. The molecule has 0 amide bonds. The molecule has 0 aliphatic heterocycles. The minimum absolute atomic E-state index is 0.0446. The first-order chi connectivity index (χ1) is 14.2. The van der Waals surface area contributed by atoms with Crippen LogP contribution in [-0.4, -0.2) is 43.5 Å². The quantitative estimate of drug-likeness (QED) is 0.538. The van der Waals surface area contributed by atoms with Gasteiger partial charge in [0.1, 0.15) is 11.7 Å². The van der Waals surface area contributed by atoms with E-state index in [1.807, 2.05) is 6.07 Å². The molecule has 0 saturated heterocycles. The minimum Gasteiger partial charge on any atom is -0.396 e. The second kappa shape index (κ2) is 8.46. The molecule has 3 rings (SSSR count). The normalized spacial score (nSPS) is 12.5. The third kappa shape index (κ3) is 4.38. The van der Waals surface area contributed by atoms with Gasteiger partial charge in [0.2, 0.25) is 5.95 Å². The summed E-state index contributed by atoms with van der Waals surface area (Å²) in [5.41, 5.74) is -0.298. The molecule has 3 heterocycles. The van der Waals surface area contributed by atoms with Gasteiger partial charge in [0.15, 0.2) is 5.78 Å². The fourth-order valence-electron chi connectivity index (χ4n) is 2.84. The number of H-pyrrole nitrogens is 1. The number of pyridine rings is 1. The van der Waals surface area contributed by atoms with Crippen molar-refractivity contribution >= 4 is 22.8 Å². The Morgan fingerprint density at radius 1 is 1.37 bits per heavy atom. The van der Waals surface area contributed by atoms with Gasteiger partial charge < -0.3 is 15.4 Å². The van der Waals surface area contributed by atoms with E-state index >= 15 is 0 Å². The Balaban J connectivity index is 2.00. The molecule has 0 aliphatic rings. The standard InChI is InChI=1S/C19H17F3N6O2/c1-10(15(30)3-2-4-29)27-18-26-7-11(6-23)16(28-18)14-9-25-17-13(14)5-12(8-24-17)19(20,21)22/h5,7-10,29H,2-4H2,1H3,(H,24,25)(H,26,27,28)/t10-/m1/s1. The van der Waals surface area contributed by atoms with Gasteiger partial charge in [0, 0.05) is 36.4 Å². The predicted octanol–water partition coefficient (Wildman–Crippen LogP) is 3.05. The molecule has 3 aromatic rings. The number of ketones is 1. The second-order valence-electron chi connectivity index (χ2n) is 6.55. The van der Waals surface area contributed by atoms with Crippen molar-refractivity contribution in [1.82, 2.24) is 19.9 Å². The second-order valence-corrected chi connectivity index (χ2v) is 6.55. The molecule has 0 spiro atoms. The lowest BCUT2D eigenvalue weighted by molar-refractivity contribution is -0.137. The van der Waals surface area contributed by atoms with Crippen LogP contribution in [0.3, 0.4) is 0 Å². The van der Waals surface area contributed by atoms with Crippen LogP contribution >= 0.6 is 0 Å². The Labute approximate surface area is 168 Å². The van der Waals surface area contributed by atoms with E-state index in [-0.39, 0.29) is 52.6 Å². The van der Waals surface area contributed by atoms with Crippen molar-refractivity contribution in [3.63, 3.8) is 0 Å². The lowest BCUT2D eigenvalue weighted by Gasteiger charge is -2.13. The molecule has 11 heteroatoms. The minimum atomic E-state index is -4.57. The van der Waals surface area contributed by atoms with Gasteiger partial charge in [0.25, 0.3) is 0 Å². The number of nitrogens with zero attached hydrogens (tertiary/aromatic N) is 4. The summed E-state index contributed by atoms with van der Waals surface area (Å²) in [5, 5.41) is 21.2. The highest BCUT2D eigenvalue weighted by Gasteiger charge is 2.31. The van der Waals surface area contributed by atoms with Crippen LogP contribution < -0.4 is 5.32 Å². The number of halogens is 3. The van der Waals surface area contributed by atoms with Gasteiger partial charge in [-0.05, 0) is 19.4 Å². The van der Waals surface area contributed by atoms with Crippen molar-refractivity contribution in [2.75, 3.05) is 11.9 Å². The zero-order chi connectivity index (χ0) is 21.9. The molecule has 30 heavy (non-hydrogen) atoms. The van der Waals surface area contributed by atoms with E-state index < -0.39 is 17.8 Å². The summed E-state index contributed by atoms with van der Waals surface area (Å²) in [5.74, 6) is -0.118. The highest BCUT2D eigenvalue weighted by molar-refractivity contribution is 5.94. The number of hydrogen-bond acceptors (Lipinski definition) is 7. The molecular formula is C19H17F3N6O2. The van der Waals surface area contributed by atoms with E-state index in [4.69, 9.17) is 5.11 Å². The molecular weight excluding hydrogens is 401 g/mol. The number of Topliss-reactive ketones (excluding diaryl/α,β-unsaturated/α-hetero) is 1. The molecule has 0 saturated carbocycles. The Hall–Kier alpha value is -3.52. The Morgan fingerprint density at radius 2 is 2.13 bits per heavy atom. The zero-order valence-electron chi connectivity index (χ0n) is 15.8. The Bertz CT molecular complexity index is 1120. The van der Waals surface area contributed by atoms with Gasteiger partial charge in [-0.15, -0.1) is 0 Å². The molecule has 0 bridgehead atoms. The van der Waals surface area contributed by atoms with Gasteiger partial charge in [-0.25, -0.2) is 15.0 Å². The Kier molecular flexibility index (Phi) is 5.98. The molecule has 0 fully saturated rings. The highest BCUT2D eigenvalue weighted by Crippen LogP contribution is 2.34. The van der Waals surface area contributed by atoms with Crippen molar-refractivity contribution in [2.24, 2.45) is 0 Å². The number of rotatable bonds is 7. The van der Waals surface area contributed by atoms with E-state index in [0.717, 1.165) is 12.3 Å². The topological polar surface area (TPSA) is 128 Å². The maximum Gasteiger partial charge on any atom is 0.417 e. The number of carbonyl (C=O) groups is 1. The van der Waals surface area contributed by atoms with Crippen molar-refractivity contribution in [3.8, 4) is 17.3 Å². The van der Waals surface area contributed by atoms with E-state index in [2.05, 4.69) is 25.3 Å². The Morgan fingerprint density at radius 3 is 2.80 bits per heavy atom. The van der Waals surface area contributed by atoms with Crippen LogP contribution in [0.1, 0.15) is 30.9 Å². The number of fused-ring (bicyclic) bond motifs is 1. The van der Waals surface area contributed by atoms with Crippen molar-refractivity contribution < 1.29 is 23.1 Å². The lowest BCUT2D eigenvalue weighted by Crippen LogP contribution is -2.27. The third-order valence-corrected chi connectivity index (χ3v) is 4.43. The van der Waals surface area contributed by atoms with Crippen molar-refractivity contribution in [2.45, 2.75) is 32.0 Å². The van der Waals surface area contributed by atoms with Crippen LogP contribution in [0.15, 0.2) is 24.7 Å². The fraction of sp³-hybridized carbons (Fsp3) is 0.316. The van der Waals surface area contributed by atoms with Gasteiger partial charge >= 0.3 is 6.18 Å².